The molecule has 31 heavy (non-hydrogen) atoms. The number of likely N-dealkylation sites (tertiary alicyclic amines) is 1. The minimum absolute atomic E-state index is 0.147. The molecule has 0 spiro atoms. The molecule has 0 unspecified atom stereocenters. The number of amides is 2. The zero-order chi connectivity index (χ0) is 22.4. The number of nitrogens with zero attached hydrogens (tertiary/aromatic N) is 4. The molecule has 170 valence electrons. The van der Waals surface area contributed by atoms with E-state index in [1.807, 2.05) is 16.7 Å². The van der Waals surface area contributed by atoms with Gasteiger partial charge in [0.25, 0.3) is 0 Å². The van der Waals surface area contributed by atoms with E-state index < -0.39 is 11.7 Å². The largest absolute Gasteiger partial charge is 0.416 e. The summed E-state index contributed by atoms with van der Waals surface area (Å²) in [5, 5.41) is 3.22. The van der Waals surface area contributed by atoms with Crippen LogP contribution >= 0.6 is 0 Å². The molecule has 2 saturated heterocycles. The highest BCUT2D eigenvalue weighted by molar-refractivity contribution is 5.97. The minimum atomic E-state index is -4.36. The third kappa shape index (κ3) is 5.89. The molecule has 0 aromatic heterocycles. The van der Waals surface area contributed by atoms with Crippen molar-refractivity contribution in [2.24, 2.45) is 4.99 Å². The van der Waals surface area contributed by atoms with Crippen LogP contribution in [-0.2, 0) is 15.8 Å². The molecule has 1 N–H and O–H groups in total. The van der Waals surface area contributed by atoms with Crippen LogP contribution in [0.2, 0.25) is 0 Å². The lowest BCUT2D eigenvalue weighted by molar-refractivity contribution is -0.147. The van der Waals surface area contributed by atoms with E-state index in [0.717, 1.165) is 6.07 Å². The number of alkyl halides is 3. The molecule has 0 bridgehead atoms. The molecule has 2 heterocycles. The van der Waals surface area contributed by atoms with Gasteiger partial charge in [0.05, 0.1) is 12.1 Å². The molecule has 1 aromatic carbocycles. The maximum atomic E-state index is 13.0. The van der Waals surface area contributed by atoms with Crippen molar-refractivity contribution < 1.29 is 22.8 Å². The van der Waals surface area contributed by atoms with Crippen LogP contribution in [0.4, 0.5) is 18.9 Å². The molecule has 0 aliphatic carbocycles. The fourth-order valence-electron chi connectivity index (χ4n) is 3.79. The number of nitrogens with one attached hydrogen (secondary N) is 1. The van der Waals surface area contributed by atoms with Gasteiger partial charge in [0, 0.05) is 57.8 Å². The second-order valence-corrected chi connectivity index (χ2v) is 7.55. The Bertz CT molecular complexity index is 803. The second kappa shape index (κ2) is 10.0. The Morgan fingerprint density at radius 2 is 1.77 bits per heavy atom. The van der Waals surface area contributed by atoms with Gasteiger partial charge in [-0.25, -0.2) is 0 Å². The lowest BCUT2D eigenvalue weighted by Crippen LogP contribution is -2.52. The fraction of sp³-hybridized carbons (Fsp3) is 0.571. The van der Waals surface area contributed by atoms with E-state index in [2.05, 4.69) is 10.3 Å². The smallest absolute Gasteiger partial charge is 0.368 e. The van der Waals surface area contributed by atoms with E-state index in [1.165, 1.54) is 17.0 Å². The number of piperazine rings is 1. The summed E-state index contributed by atoms with van der Waals surface area (Å²) in [4.78, 5) is 33.7. The van der Waals surface area contributed by atoms with Crippen LogP contribution in [0, 0.1) is 0 Å². The van der Waals surface area contributed by atoms with Crippen molar-refractivity contribution in [2.45, 2.75) is 32.4 Å². The van der Waals surface area contributed by atoms with Gasteiger partial charge >= 0.3 is 6.18 Å². The normalized spacial score (nSPS) is 18.6. The van der Waals surface area contributed by atoms with Gasteiger partial charge in [0.15, 0.2) is 5.96 Å². The zero-order valence-corrected chi connectivity index (χ0v) is 17.6. The zero-order valence-electron chi connectivity index (χ0n) is 17.6. The highest BCUT2D eigenvalue weighted by Crippen LogP contribution is 2.31. The van der Waals surface area contributed by atoms with Gasteiger partial charge in [0.2, 0.25) is 11.8 Å². The summed E-state index contributed by atoms with van der Waals surface area (Å²) in [5.74, 6) is 0.389. The number of rotatable bonds is 5. The molecule has 1 aromatic rings. The number of carbonyl (C=O) groups is 2. The molecule has 0 saturated carbocycles. The number of hydrogen-bond acceptors (Lipinski definition) is 4. The van der Waals surface area contributed by atoms with Crippen molar-refractivity contribution in [2.75, 3.05) is 50.7 Å². The van der Waals surface area contributed by atoms with E-state index in [4.69, 9.17) is 0 Å². The maximum absolute atomic E-state index is 13.0. The number of halogens is 3. The first-order chi connectivity index (χ1) is 14.8. The summed E-state index contributed by atoms with van der Waals surface area (Å²) in [6.07, 6.45) is -2.96. The van der Waals surface area contributed by atoms with Gasteiger partial charge in [-0.05, 0) is 31.5 Å². The number of imide groups is 1. The van der Waals surface area contributed by atoms with Crippen LogP contribution in [0.5, 0.6) is 0 Å². The maximum Gasteiger partial charge on any atom is 0.416 e. The molecule has 7 nitrogen and oxygen atoms in total. The van der Waals surface area contributed by atoms with Crippen LogP contribution in [0.15, 0.2) is 29.3 Å². The third-order valence-corrected chi connectivity index (χ3v) is 5.42. The molecule has 2 aliphatic heterocycles. The van der Waals surface area contributed by atoms with E-state index in [0.29, 0.717) is 70.2 Å². The van der Waals surface area contributed by atoms with Crippen molar-refractivity contribution >= 4 is 23.5 Å². The number of benzene rings is 1. The highest BCUT2D eigenvalue weighted by Gasteiger charge is 2.31. The summed E-state index contributed by atoms with van der Waals surface area (Å²) >= 11 is 0. The molecule has 10 heteroatoms. The summed E-state index contributed by atoms with van der Waals surface area (Å²) in [5.41, 5.74) is -0.0947. The summed E-state index contributed by atoms with van der Waals surface area (Å²) < 4.78 is 39.0. The van der Waals surface area contributed by atoms with Gasteiger partial charge in [-0.15, -0.1) is 0 Å². The van der Waals surface area contributed by atoms with E-state index in [9.17, 15) is 22.8 Å². The first-order valence-electron chi connectivity index (χ1n) is 10.6. The van der Waals surface area contributed by atoms with Gasteiger partial charge < -0.3 is 15.1 Å². The second-order valence-electron chi connectivity index (χ2n) is 7.55. The number of hydrogen-bond donors (Lipinski definition) is 1. The number of guanidine groups is 1. The molecule has 3 rings (SSSR count). The van der Waals surface area contributed by atoms with Crippen molar-refractivity contribution in [3.8, 4) is 0 Å². The van der Waals surface area contributed by atoms with Crippen molar-refractivity contribution in [3.63, 3.8) is 0 Å². The fourth-order valence-corrected chi connectivity index (χ4v) is 3.79. The quantitative estimate of drug-likeness (QED) is 0.433. The molecule has 0 radical (unpaired) electrons. The van der Waals surface area contributed by atoms with E-state index >= 15 is 0 Å². The van der Waals surface area contributed by atoms with Gasteiger partial charge in [-0.2, -0.15) is 13.2 Å². The number of piperidine rings is 1. The Morgan fingerprint density at radius 1 is 1.10 bits per heavy atom. The number of aliphatic imine (C=N–C) groups is 1. The molecule has 0 atom stereocenters. The van der Waals surface area contributed by atoms with Gasteiger partial charge in [-0.1, -0.05) is 6.07 Å². The number of carbonyl (C=O) groups excluding carboxylic acids is 2. The summed E-state index contributed by atoms with van der Waals surface area (Å²) in [6, 6.07) is 5.38. The predicted molar refractivity (Wildman–Crippen MR) is 112 cm³/mol. The Hall–Kier alpha value is -2.78. The van der Waals surface area contributed by atoms with Crippen LogP contribution in [0.25, 0.3) is 0 Å². The van der Waals surface area contributed by atoms with Crippen molar-refractivity contribution in [3.05, 3.63) is 29.8 Å². The molecule has 2 aliphatic rings. The third-order valence-electron chi connectivity index (χ3n) is 5.42. The van der Waals surface area contributed by atoms with Crippen LogP contribution in [0.3, 0.4) is 0 Å². The highest BCUT2D eigenvalue weighted by atomic mass is 19.4. The van der Waals surface area contributed by atoms with Crippen LogP contribution in [-0.4, -0.2) is 73.4 Å². The topological polar surface area (TPSA) is 68.2 Å². The van der Waals surface area contributed by atoms with Crippen LogP contribution < -0.4 is 10.2 Å². The lowest BCUT2D eigenvalue weighted by atomic mass is 10.1. The Morgan fingerprint density at radius 3 is 2.39 bits per heavy atom. The molecule has 2 amide bonds. The average Bonchev–Trinajstić information content (AvgIpc) is 2.75. The predicted octanol–water partition coefficient (Wildman–Crippen LogP) is 2.33. The molecular weight excluding hydrogens is 411 g/mol. The van der Waals surface area contributed by atoms with Gasteiger partial charge in [-0.3, -0.25) is 19.5 Å². The average molecular weight is 439 g/mol. The first kappa shape index (κ1) is 22.9. The van der Waals surface area contributed by atoms with E-state index in [1.54, 1.807) is 6.07 Å². The Labute approximate surface area is 179 Å². The van der Waals surface area contributed by atoms with Crippen molar-refractivity contribution in [1.29, 1.82) is 0 Å². The van der Waals surface area contributed by atoms with Gasteiger partial charge in [0.1, 0.15) is 0 Å². The Balaban J connectivity index is 1.58. The standard InChI is InChI=1S/C21H28F3N5O2/c1-2-25-20(26-9-10-29-18(30)7-4-8-19(29)31)28-13-11-27(12-14-28)17-6-3-5-16(15-17)21(22,23)24/h3,5-6,15H,2,4,7-14H2,1H3,(H,25,26). The first-order valence-corrected chi connectivity index (χ1v) is 10.6. The lowest BCUT2D eigenvalue weighted by Gasteiger charge is -2.38. The SMILES string of the molecule is CCNC(=NCCN1C(=O)CCCC1=O)N1CCN(c2cccc(C(F)(F)F)c2)CC1. The summed E-state index contributed by atoms with van der Waals surface area (Å²) in [7, 11) is 0. The Kier molecular flexibility index (Phi) is 7.40. The minimum Gasteiger partial charge on any atom is -0.368 e. The number of anilines is 1. The monoisotopic (exact) mass is 439 g/mol. The summed E-state index contributed by atoms with van der Waals surface area (Å²) in [6.45, 7) is 5.52. The van der Waals surface area contributed by atoms with Crippen molar-refractivity contribution in [1.82, 2.24) is 15.1 Å². The molecule has 2 fully saturated rings. The van der Waals surface area contributed by atoms with Crippen LogP contribution in [0.1, 0.15) is 31.7 Å². The molecular formula is C21H28F3N5O2. The van der Waals surface area contributed by atoms with E-state index in [-0.39, 0.29) is 18.4 Å².